The van der Waals surface area contributed by atoms with Crippen molar-refractivity contribution in [2.75, 3.05) is 13.7 Å². The molecule has 0 aromatic heterocycles. The predicted octanol–water partition coefficient (Wildman–Crippen LogP) is -0.778. The first-order chi connectivity index (χ1) is 5.07. The first-order valence-corrected chi connectivity index (χ1v) is 3.09. The molecule has 5 nitrogen and oxygen atoms in total. The maximum absolute atomic E-state index is 10.7. The third kappa shape index (κ3) is 4.32. The molecular formula is C6H11NO4. The SMILES string of the molecule is COCC(=O)NC(C)C(=O)O. The van der Waals surface area contributed by atoms with E-state index in [9.17, 15) is 9.59 Å². The fraction of sp³-hybridized carbons (Fsp3) is 0.667. The molecule has 0 heterocycles. The number of carbonyl (C=O) groups is 2. The molecule has 0 radical (unpaired) electrons. The Bertz CT molecular complexity index is 157. The zero-order valence-electron chi connectivity index (χ0n) is 6.46. The Morgan fingerprint density at radius 2 is 2.18 bits per heavy atom. The second kappa shape index (κ2) is 4.68. The molecular weight excluding hydrogens is 150 g/mol. The summed E-state index contributed by atoms with van der Waals surface area (Å²) < 4.78 is 4.48. The number of amides is 1. The van der Waals surface area contributed by atoms with E-state index in [1.54, 1.807) is 0 Å². The minimum atomic E-state index is -1.06. The van der Waals surface area contributed by atoms with Crippen LogP contribution < -0.4 is 5.32 Å². The largest absolute Gasteiger partial charge is 0.480 e. The van der Waals surface area contributed by atoms with Crippen LogP contribution in [0, 0.1) is 0 Å². The van der Waals surface area contributed by atoms with Crippen molar-refractivity contribution >= 4 is 11.9 Å². The Balaban J connectivity index is 3.66. The topological polar surface area (TPSA) is 75.6 Å². The highest BCUT2D eigenvalue weighted by Gasteiger charge is 2.12. The molecule has 0 aromatic rings. The standard InChI is InChI=1S/C6H11NO4/c1-4(6(9)10)7-5(8)3-11-2/h4H,3H2,1-2H3,(H,7,8)(H,9,10). The molecule has 0 bridgehead atoms. The van der Waals surface area contributed by atoms with Gasteiger partial charge in [0.2, 0.25) is 5.91 Å². The van der Waals surface area contributed by atoms with Crippen LogP contribution in [0.4, 0.5) is 0 Å². The molecule has 5 heteroatoms. The van der Waals surface area contributed by atoms with Gasteiger partial charge in [-0.15, -0.1) is 0 Å². The highest BCUT2D eigenvalue weighted by atomic mass is 16.5. The van der Waals surface area contributed by atoms with Crippen LogP contribution in [-0.2, 0) is 14.3 Å². The third-order valence-corrected chi connectivity index (χ3v) is 1.02. The maximum Gasteiger partial charge on any atom is 0.325 e. The average Bonchev–Trinajstić information content (AvgIpc) is 1.87. The predicted molar refractivity (Wildman–Crippen MR) is 37.1 cm³/mol. The summed E-state index contributed by atoms with van der Waals surface area (Å²) in [6.07, 6.45) is 0. The Labute approximate surface area is 64.3 Å². The monoisotopic (exact) mass is 161 g/mol. The molecule has 0 aromatic carbocycles. The minimum absolute atomic E-state index is 0.113. The van der Waals surface area contributed by atoms with Crippen molar-refractivity contribution < 1.29 is 19.4 Å². The fourth-order valence-electron chi connectivity index (χ4n) is 0.476. The van der Waals surface area contributed by atoms with Crippen LogP contribution >= 0.6 is 0 Å². The maximum atomic E-state index is 10.7. The lowest BCUT2D eigenvalue weighted by molar-refractivity contribution is -0.141. The molecule has 2 N–H and O–H groups in total. The number of hydrogen-bond acceptors (Lipinski definition) is 3. The molecule has 1 amide bonds. The smallest absolute Gasteiger partial charge is 0.325 e. The van der Waals surface area contributed by atoms with Gasteiger partial charge in [0.25, 0.3) is 0 Å². The van der Waals surface area contributed by atoms with Gasteiger partial charge in [-0.3, -0.25) is 9.59 Å². The second-order valence-corrected chi connectivity index (χ2v) is 2.06. The summed E-state index contributed by atoms with van der Waals surface area (Å²) in [6.45, 7) is 1.27. The van der Waals surface area contributed by atoms with Crippen LogP contribution in [0.15, 0.2) is 0 Å². The second-order valence-electron chi connectivity index (χ2n) is 2.06. The van der Waals surface area contributed by atoms with Crippen molar-refractivity contribution in [3.63, 3.8) is 0 Å². The molecule has 0 spiro atoms. The first kappa shape index (κ1) is 9.90. The van der Waals surface area contributed by atoms with Gasteiger partial charge in [-0.25, -0.2) is 0 Å². The van der Waals surface area contributed by atoms with E-state index in [4.69, 9.17) is 5.11 Å². The van der Waals surface area contributed by atoms with Gasteiger partial charge in [0.05, 0.1) is 0 Å². The van der Waals surface area contributed by atoms with Gasteiger partial charge in [-0.2, -0.15) is 0 Å². The normalized spacial score (nSPS) is 12.2. The van der Waals surface area contributed by atoms with Gasteiger partial charge >= 0.3 is 5.97 Å². The van der Waals surface area contributed by atoms with Gasteiger partial charge in [0, 0.05) is 7.11 Å². The Kier molecular flexibility index (Phi) is 4.21. The number of rotatable bonds is 4. The molecule has 0 aliphatic carbocycles. The molecule has 0 saturated carbocycles. The number of carbonyl (C=O) groups excluding carboxylic acids is 1. The number of nitrogens with one attached hydrogen (secondary N) is 1. The zero-order chi connectivity index (χ0) is 8.85. The van der Waals surface area contributed by atoms with E-state index in [1.165, 1.54) is 14.0 Å². The van der Waals surface area contributed by atoms with E-state index in [0.29, 0.717) is 0 Å². The van der Waals surface area contributed by atoms with Crippen molar-refractivity contribution in [2.45, 2.75) is 13.0 Å². The molecule has 64 valence electrons. The van der Waals surface area contributed by atoms with E-state index in [1.807, 2.05) is 0 Å². The van der Waals surface area contributed by atoms with Gasteiger partial charge in [0.1, 0.15) is 12.6 Å². The lowest BCUT2D eigenvalue weighted by atomic mass is 10.3. The summed E-state index contributed by atoms with van der Waals surface area (Å²) in [5.74, 6) is -1.49. The Morgan fingerprint density at radius 3 is 2.55 bits per heavy atom. The summed E-state index contributed by atoms with van der Waals surface area (Å²) in [6, 6.07) is -0.863. The van der Waals surface area contributed by atoms with Crippen molar-refractivity contribution in [3.8, 4) is 0 Å². The number of ether oxygens (including phenoxy) is 1. The van der Waals surface area contributed by atoms with Crippen LogP contribution in [-0.4, -0.2) is 36.7 Å². The molecule has 1 atom stereocenters. The summed E-state index contributed by atoms with van der Waals surface area (Å²) in [5, 5.41) is 10.6. The molecule has 11 heavy (non-hydrogen) atoms. The highest BCUT2D eigenvalue weighted by molar-refractivity contribution is 5.83. The van der Waals surface area contributed by atoms with Crippen LogP contribution in [0.25, 0.3) is 0 Å². The third-order valence-electron chi connectivity index (χ3n) is 1.02. The van der Waals surface area contributed by atoms with Crippen LogP contribution in [0.3, 0.4) is 0 Å². The van der Waals surface area contributed by atoms with E-state index in [-0.39, 0.29) is 6.61 Å². The molecule has 0 rings (SSSR count). The van der Waals surface area contributed by atoms with Gasteiger partial charge < -0.3 is 15.2 Å². The van der Waals surface area contributed by atoms with Crippen molar-refractivity contribution in [3.05, 3.63) is 0 Å². The summed E-state index contributed by atoms with van der Waals surface area (Å²) >= 11 is 0. The quantitative estimate of drug-likeness (QED) is 0.567. The summed E-state index contributed by atoms with van der Waals surface area (Å²) in [7, 11) is 1.37. The van der Waals surface area contributed by atoms with Crippen LogP contribution in [0.2, 0.25) is 0 Å². The summed E-state index contributed by atoms with van der Waals surface area (Å²) in [5.41, 5.74) is 0. The zero-order valence-corrected chi connectivity index (χ0v) is 6.46. The van der Waals surface area contributed by atoms with E-state index in [2.05, 4.69) is 10.1 Å². The van der Waals surface area contributed by atoms with E-state index < -0.39 is 17.9 Å². The Morgan fingerprint density at radius 1 is 1.64 bits per heavy atom. The van der Waals surface area contributed by atoms with Crippen molar-refractivity contribution in [1.82, 2.24) is 5.32 Å². The number of carboxylic acids is 1. The van der Waals surface area contributed by atoms with Crippen LogP contribution in [0.1, 0.15) is 6.92 Å². The minimum Gasteiger partial charge on any atom is -0.480 e. The molecule has 0 aliphatic heterocycles. The lowest BCUT2D eigenvalue weighted by Gasteiger charge is -2.07. The molecule has 0 fully saturated rings. The number of carboxylic acid groups (broad SMARTS) is 1. The van der Waals surface area contributed by atoms with Crippen LogP contribution in [0.5, 0.6) is 0 Å². The number of aliphatic carboxylic acids is 1. The lowest BCUT2D eigenvalue weighted by Crippen LogP contribution is -2.40. The summed E-state index contributed by atoms with van der Waals surface area (Å²) in [4.78, 5) is 20.8. The van der Waals surface area contributed by atoms with Gasteiger partial charge in [-0.1, -0.05) is 0 Å². The van der Waals surface area contributed by atoms with Crippen molar-refractivity contribution in [1.29, 1.82) is 0 Å². The van der Waals surface area contributed by atoms with E-state index in [0.717, 1.165) is 0 Å². The molecule has 0 saturated heterocycles. The van der Waals surface area contributed by atoms with Gasteiger partial charge in [0.15, 0.2) is 0 Å². The highest BCUT2D eigenvalue weighted by Crippen LogP contribution is 1.80. The fourth-order valence-corrected chi connectivity index (χ4v) is 0.476. The average molecular weight is 161 g/mol. The Hall–Kier alpha value is -1.10. The molecule has 1 unspecified atom stereocenters. The number of methoxy groups -OCH3 is 1. The number of hydrogen-bond donors (Lipinski definition) is 2. The van der Waals surface area contributed by atoms with E-state index >= 15 is 0 Å². The van der Waals surface area contributed by atoms with Gasteiger partial charge in [-0.05, 0) is 6.92 Å². The molecule has 0 aliphatic rings. The van der Waals surface area contributed by atoms with Crippen molar-refractivity contribution in [2.24, 2.45) is 0 Å². The first-order valence-electron chi connectivity index (χ1n) is 3.09.